The Balaban J connectivity index is 1.46. The quantitative estimate of drug-likeness (QED) is 0.234. The van der Waals surface area contributed by atoms with E-state index in [0.717, 1.165) is 18.0 Å². The topological polar surface area (TPSA) is 74.5 Å². The van der Waals surface area contributed by atoms with Gasteiger partial charge in [-0.1, -0.05) is 26.0 Å². The summed E-state index contributed by atoms with van der Waals surface area (Å²) in [5, 5.41) is 16.3. The van der Waals surface area contributed by atoms with Gasteiger partial charge in [0.25, 0.3) is 11.8 Å². The van der Waals surface area contributed by atoms with E-state index >= 15 is 0 Å². The number of alkyl halides is 5. The lowest BCUT2D eigenvalue weighted by Crippen LogP contribution is -2.52. The second-order valence-electron chi connectivity index (χ2n) is 11.9. The predicted molar refractivity (Wildman–Crippen MR) is 147 cm³/mol. The van der Waals surface area contributed by atoms with Crippen LogP contribution in [0.2, 0.25) is 0 Å². The number of carbonyl (C=O) groups is 1. The first-order valence-corrected chi connectivity index (χ1v) is 13.7. The number of amidine groups is 1. The van der Waals surface area contributed by atoms with Crippen molar-refractivity contribution in [3.63, 3.8) is 0 Å². The van der Waals surface area contributed by atoms with Gasteiger partial charge in [0.15, 0.2) is 0 Å². The zero-order valence-corrected chi connectivity index (χ0v) is 23.3. The van der Waals surface area contributed by atoms with E-state index in [2.05, 4.69) is 6.92 Å². The predicted octanol–water partition coefficient (Wildman–Crippen LogP) is 6.53. The molecule has 1 saturated carbocycles. The Kier molecular flexibility index (Phi) is 7.24. The van der Waals surface area contributed by atoms with Crippen LogP contribution in [-0.2, 0) is 24.7 Å². The summed E-state index contributed by atoms with van der Waals surface area (Å²) in [7, 11) is 1.64. The molecule has 1 atom stereocenters. The van der Waals surface area contributed by atoms with E-state index in [1.54, 1.807) is 30.1 Å². The number of amides is 1. The Hall–Kier alpha value is -3.34. The number of likely N-dealkylation sites (N-methyl/N-ethyl adjacent to an activating group) is 1. The molecule has 0 spiro atoms. The zero-order valence-electron chi connectivity index (χ0n) is 23.3. The van der Waals surface area contributed by atoms with Crippen LogP contribution in [0.5, 0.6) is 0 Å². The lowest BCUT2D eigenvalue weighted by molar-refractivity contribution is -0.138. The van der Waals surface area contributed by atoms with E-state index in [-0.39, 0.29) is 55.1 Å². The first-order valence-electron chi connectivity index (χ1n) is 13.7. The van der Waals surface area contributed by atoms with Crippen LogP contribution in [0.3, 0.4) is 0 Å². The Morgan fingerprint density at radius 3 is 2.49 bits per heavy atom. The molecule has 1 aliphatic carbocycles. The second-order valence-corrected chi connectivity index (χ2v) is 11.9. The molecule has 2 heterocycles. The molecule has 1 saturated heterocycles. The van der Waals surface area contributed by atoms with Crippen molar-refractivity contribution >= 4 is 23.8 Å². The summed E-state index contributed by atoms with van der Waals surface area (Å²) in [6.45, 7) is 3.42. The van der Waals surface area contributed by atoms with Gasteiger partial charge < -0.3 is 9.80 Å². The van der Waals surface area contributed by atoms with Crippen LogP contribution in [0, 0.1) is 22.7 Å². The smallest absolute Gasteiger partial charge is 0.324 e. The van der Waals surface area contributed by atoms with Crippen molar-refractivity contribution in [2.75, 3.05) is 25.0 Å². The number of piperidine rings is 1. The highest BCUT2D eigenvalue weighted by Gasteiger charge is 2.49. The maximum absolute atomic E-state index is 14.2. The molecular formula is C30H34F5N5O. The van der Waals surface area contributed by atoms with Gasteiger partial charge in [0, 0.05) is 50.3 Å². The van der Waals surface area contributed by atoms with Crippen molar-refractivity contribution < 1.29 is 26.7 Å². The van der Waals surface area contributed by atoms with Gasteiger partial charge in [-0.15, -0.1) is 0 Å². The summed E-state index contributed by atoms with van der Waals surface area (Å²) < 4.78 is 70.7. The van der Waals surface area contributed by atoms with Gasteiger partial charge in [-0.25, -0.2) is 8.78 Å². The van der Waals surface area contributed by atoms with Gasteiger partial charge in [-0.2, -0.15) is 13.2 Å². The summed E-state index contributed by atoms with van der Waals surface area (Å²) in [5.41, 5.74) is -0.172. The fourth-order valence-corrected chi connectivity index (χ4v) is 6.66. The molecule has 6 nitrogen and oxygen atoms in total. The molecule has 1 amide bonds. The summed E-state index contributed by atoms with van der Waals surface area (Å²) in [5.74, 6) is -3.66. The molecule has 2 N–H and O–H groups in total. The molecule has 2 aliphatic heterocycles. The molecule has 0 aromatic heterocycles. The summed E-state index contributed by atoms with van der Waals surface area (Å²) in [6.07, 6.45) is -2.61. The molecule has 2 aromatic rings. The molecule has 3 aliphatic rings. The van der Waals surface area contributed by atoms with Crippen molar-refractivity contribution in [1.29, 1.82) is 10.8 Å². The fourth-order valence-electron chi connectivity index (χ4n) is 6.66. The van der Waals surface area contributed by atoms with Gasteiger partial charge in [0.2, 0.25) is 0 Å². The van der Waals surface area contributed by atoms with Gasteiger partial charge in [0.05, 0.1) is 23.9 Å². The van der Waals surface area contributed by atoms with E-state index < -0.39 is 34.9 Å². The number of likely N-dealkylation sites (tertiary alicyclic amines) is 1. The Morgan fingerprint density at radius 1 is 1.17 bits per heavy atom. The first-order chi connectivity index (χ1) is 19.2. The number of hydrogen-bond donors (Lipinski definition) is 2. The molecule has 0 radical (unpaired) electrons. The van der Waals surface area contributed by atoms with Crippen LogP contribution in [0.15, 0.2) is 36.4 Å². The number of nitrogens with zero attached hydrogens (tertiary/aromatic N) is 3. The Labute approximate surface area is 236 Å². The van der Waals surface area contributed by atoms with Crippen LogP contribution in [0.1, 0.15) is 65.7 Å². The zero-order chi connectivity index (χ0) is 29.9. The normalized spacial score (nSPS) is 26.0. The molecule has 41 heavy (non-hydrogen) atoms. The van der Waals surface area contributed by atoms with Crippen molar-refractivity contribution in [1.82, 2.24) is 9.80 Å². The number of halogens is 5. The number of benzene rings is 2. The third-order valence-electron chi connectivity index (χ3n) is 8.93. The van der Waals surface area contributed by atoms with Gasteiger partial charge in [-0.3, -0.25) is 20.5 Å². The number of carbonyl (C=O) groups excluding carboxylic acids is 1. The van der Waals surface area contributed by atoms with Crippen molar-refractivity contribution in [2.45, 2.75) is 63.7 Å². The number of rotatable bonds is 6. The number of hydrogen-bond acceptors (Lipinski definition) is 4. The average Bonchev–Trinajstić information content (AvgIpc) is 3.23. The lowest BCUT2D eigenvalue weighted by Gasteiger charge is -2.48. The number of nitrogens with one attached hydrogen (secondary N) is 2. The lowest BCUT2D eigenvalue weighted by atomic mass is 9.58. The summed E-state index contributed by atoms with van der Waals surface area (Å²) >= 11 is 0. The highest BCUT2D eigenvalue weighted by atomic mass is 19.4. The van der Waals surface area contributed by atoms with E-state index in [9.17, 15) is 26.7 Å². The van der Waals surface area contributed by atoms with Crippen molar-refractivity contribution in [2.24, 2.45) is 11.8 Å². The Morgan fingerprint density at radius 2 is 1.88 bits per heavy atom. The molecular weight excluding hydrogens is 541 g/mol. The molecule has 0 unspecified atom stereocenters. The SMILES string of the molecule is CC1CC(C(=N)N(C)C=N)(c2cccc(N3Cc4c(cc(CN5CCC(F)(F)[C@H](C)C5)cc4C(F)(F)F)C3=O)c2)C1. The molecule has 2 aromatic carbocycles. The average molecular weight is 576 g/mol. The van der Waals surface area contributed by atoms with E-state index in [4.69, 9.17) is 10.8 Å². The first kappa shape index (κ1) is 29.2. The minimum atomic E-state index is -4.70. The molecule has 0 bridgehead atoms. The summed E-state index contributed by atoms with van der Waals surface area (Å²) in [4.78, 5) is 18.1. The van der Waals surface area contributed by atoms with Crippen molar-refractivity contribution in [3.8, 4) is 0 Å². The fraction of sp³-hybridized carbons (Fsp3) is 0.500. The molecule has 2 fully saturated rings. The van der Waals surface area contributed by atoms with Crippen molar-refractivity contribution in [3.05, 3.63) is 64.2 Å². The van der Waals surface area contributed by atoms with Crippen LogP contribution in [0.4, 0.5) is 27.6 Å². The monoisotopic (exact) mass is 575 g/mol. The maximum Gasteiger partial charge on any atom is 0.416 e. The minimum Gasteiger partial charge on any atom is -0.324 e. The van der Waals surface area contributed by atoms with Gasteiger partial charge in [-0.05, 0) is 59.7 Å². The van der Waals surface area contributed by atoms with Gasteiger partial charge in [0.1, 0.15) is 5.84 Å². The minimum absolute atomic E-state index is 0.0288. The highest BCUT2D eigenvalue weighted by molar-refractivity contribution is 6.10. The maximum atomic E-state index is 14.2. The molecule has 220 valence electrons. The molecule has 5 rings (SSSR count). The van der Waals surface area contributed by atoms with Gasteiger partial charge >= 0.3 is 6.18 Å². The van der Waals surface area contributed by atoms with Crippen LogP contribution in [0.25, 0.3) is 0 Å². The van der Waals surface area contributed by atoms with Crippen LogP contribution >= 0.6 is 0 Å². The van der Waals surface area contributed by atoms with Crippen LogP contribution in [-0.4, -0.2) is 53.9 Å². The second kappa shape index (κ2) is 10.2. The Bertz CT molecular complexity index is 1380. The van der Waals surface area contributed by atoms with E-state index in [1.165, 1.54) is 22.8 Å². The van der Waals surface area contributed by atoms with E-state index in [1.807, 2.05) is 6.07 Å². The van der Waals surface area contributed by atoms with E-state index in [0.29, 0.717) is 24.4 Å². The molecule has 11 heteroatoms. The largest absolute Gasteiger partial charge is 0.416 e. The standard InChI is InChI=1S/C30H34F5N5O/c1-18-12-28(13-18,27(37)38(3)17-36)21-5-4-6-22(11-21)40-16-24-23(26(40)41)9-20(10-25(24)30(33,34)35)15-39-8-7-29(31,32)19(2)14-39/h4-6,9-11,17-19,36-37H,7-8,12-16H2,1-3H3/t18?,19-,28?/m1/s1. The third kappa shape index (κ3) is 5.13. The number of fused-ring (bicyclic) bond motifs is 1. The third-order valence-corrected chi connectivity index (χ3v) is 8.93. The number of anilines is 1. The highest BCUT2D eigenvalue weighted by Crippen LogP contribution is 2.50. The van der Waals surface area contributed by atoms with Crippen LogP contribution < -0.4 is 4.90 Å². The summed E-state index contributed by atoms with van der Waals surface area (Å²) in [6, 6.07) is 9.56.